The zero-order valence-electron chi connectivity index (χ0n) is 11.0. The highest BCUT2D eigenvalue weighted by Gasteiger charge is 2.31. The summed E-state index contributed by atoms with van der Waals surface area (Å²) >= 11 is 3.42. The van der Waals surface area contributed by atoms with Gasteiger partial charge in [-0.3, -0.25) is 0 Å². The van der Waals surface area contributed by atoms with Crippen molar-refractivity contribution in [3.8, 4) is 11.5 Å². The number of halogens is 1. The molecule has 1 atom stereocenters. The number of methoxy groups -OCH3 is 2. The molecule has 1 unspecified atom stereocenters. The van der Waals surface area contributed by atoms with Gasteiger partial charge in [0.05, 0.1) is 14.2 Å². The van der Waals surface area contributed by atoms with Crippen molar-refractivity contribution in [2.45, 2.75) is 25.4 Å². The molecule has 3 N–H and O–H groups in total. The molecule has 0 spiro atoms. The van der Waals surface area contributed by atoms with E-state index in [1.54, 1.807) is 26.4 Å². The van der Waals surface area contributed by atoms with Crippen LogP contribution < -0.4 is 15.2 Å². The lowest BCUT2D eigenvalue weighted by Gasteiger charge is -2.29. The summed E-state index contributed by atoms with van der Waals surface area (Å²) in [4.78, 5) is 0. The Morgan fingerprint density at radius 1 is 1.33 bits per heavy atom. The molecule has 1 rings (SSSR count). The quantitative estimate of drug-likeness (QED) is 0.845. The Labute approximate surface area is 116 Å². The molecule has 0 heterocycles. The van der Waals surface area contributed by atoms with Gasteiger partial charge in [0.1, 0.15) is 21.6 Å². The van der Waals surface area contributed by atoms with E-state index in [4.69, 9.17) is 15.2 Å². The van der Waals surface area contributed by atoms with Crippen LogP contribution in [-0.4, -0.2) is 25.9 Å². The highest BCUT2D eigenvalue weighted by atomic mass is 79.9. The molecule has 0 saturated heterocycles. The van der Waals surface area contributed by atoms with Crippen LogP contribution >= 0.6 is 15.9 Å². The van der Waals surface area contributed by atoms with Gasteiger partial charge in [0.2, 0.25) is 0 Å². The molecule has 102 valence electrons. The molecule has 1 aromatic carbocycles. The second-order valence-corrected chi connectivity index (χ2v) is 4.94. The van der Waals surface area contributed by atoms with E-state index in [-0.39, 0.29) is 6.54 Å². The predicted molar refractivity (Wildman–Crippen MR) is 75.1 cm³/mol. The first kappa shape index (κ1) is 15.3. The first-order chi connectivity index (χ1) is 8.53. The number of hydrogen-bond donors (Lipinski definition) is 2. The lowest BCUT2D eigenvalue weighted by Crippen LogP contribution is -2.35. The van der Waals surface area contributed by atoms with Gasteiger partial charge in [-0.15, -0.1) is 0 Å². The van der Waals surface area contributed by atoms with Gasteiger partial charge in [-0.2, -0.15) is 0 Å². The van der Waals surface area contributed by atoms with Crippen LogP contribution in [0, 0.1) is 0 Å². The average Bonchev–Trinajstić information content (AvgIpc) is 2.38. The number of benzene rings is 1. The van der Waals surface area contributed by atoms with Gasteiger partial charge in [0.15, 0.2) is 0 Å². The molecular formula is C13H20BrNO3. The molecule has 0 radical (unpaired) electrons. The summed E-state index contributed by atoms with van der Waals surface area (Å²) in [6.07, 6.45) is 1.42. The second-order valence-electron chi connectivity index (χ2n) is 4.15. The molecule has 0 amide bonds. The number of ether oxygens (including phenoxy) is 2. The number of rotatable bonds is 6. The fourth-order valence-corrected chi connectivity index (χ4v) is 2.69. The van der Waals surface area contributed by atoms with Crippen LogP contribution in [0.5, 0.6) is 11.5 Å². The van der Waals surface area contributed by atoms with Gasteiger partial charge in [-0.05, 0) is 34.5 Å². The molecule has 0 aliphatic carbocycles. The molecular weight excluding hydrogens is 298 g/mol. The van der Waals surface area contributed by atoms with E-state index >= 15 is 0 Å². The normalized spacial score (nSPS) is 14.1. The van der Waals surface area contributed by atoms with E-state index in [9.17, 15) is 5.11 Å². The van der Waals surface area contributed by atoms with Gasteiger partial charge in [0.25, 0.3) is 0 Å². The van der Waals surface area contributed by atoms with Crippen molar-refractivity contribution in [1.82, 2.24) is 0 Å². The minimum absolute atomic E-state index is 0.149. The van der Waals surface area contributed by atoms with E-state index in [1.165, 1.54) is 0 Å². The Balaban J connectivity index is 3.35. The molecule has 0 fully saturated rings. The van der Waals surface area contributed by atoms with Crippen LogP contribution in [0.4, 0.5) is 0 Å². The number of aliphatic hydroxyl groups is 1. The molecule has 0 aliphatic rings. The Bertz CT molecular complexity index is 411. The Morgan fingerprint density at radius 2 is 2.00 bits per heavy atom. The lowest BCUT2D eigenvalue weighted by molar-refractivity contribution is 0.0334. The Hall–Kier alpha value is -0.780. The maximum absolute atomic E-state index is 10.6. The maximum Gasteiger partial charge on any atom is 0.142 e. The van der Waals surface area contributed by atoms with Gasteiger partial charge in [-0.1, -0.05) is 13.3 Å². The Morgan fingerprint density at radius 3 is 2.44 bits per heavy atom. The summed E-state index contributed by atoms with van der Waals surface area (Å²) in [5.41, 5.74) is 5.33. The fraction of sp³-hybridized carbons (Fsp3) is 0.538. The zero-order chi connectivity index (χ0) is 13.8. The number of hydrogen-bond acceptors (Lipinski definition) is 4. The number of nitrogens with two attached hydrogens (primary N) is 1. The average molecular weight is 318 g/mol. The van der Waals surface area contributed by atoms with Crippen molar-refractivity contribution in [2.24, 2.45) is 5.73 Å². The van der Waals surface area contributed by atoms with Crippen LogP contribution in [0.2, 0.25) is 0 Å². The molecule has 1 aromatic rings. The molecule has 0 saturated carbocycles. The molecule has 0 bridgehead atoms. The van der Waals surface area contributed by atoms with Crippen molar-refractivity contribution in [1.29, 1.82) is 0 Å². The summed E-state index contributed by atoms with van der Waals surface area (Å²) in [6, 6.07) is 3.59. The van der Waals surface area contributed by atoms with E-state index in [1.807, 2.05) is 6.92 Å². The predicted octanol–water partition coefficient (Wildman–Crippen LogP) is 2.41. The van der Waals surface area contributed by atoms with Gasteiger partial charge >= 0.3 is 0 Å². The topological polar surface area (TPSA) is 64.7 Å². The SMILES string of the molecule is CCCC(O)(CN)c1ccc(OC)c(Br)c1OC. The van der Waals surface area contributed by atoms with E-state index in [0.29, 0.717) is 28.0 Å². The summed E-state index contributed by atoms with van der Waals surface area (Å²) in [6.45, 7) is 2.15. The van der Waals surface area contributed by atoms with Crippen LogP contribution in [0.15, 0.2) is 16.6 Å². The van der Waals surface area contributed by atoms with Crippen LogP contribution in [0.3, 0.4) is 0 Å². The third kappa shape index (κ3) is 2.79. The largest absolute Gasteiger partial charge is 0.495 e. The van der Waals surface area contributed by atoms with E-state index < -0.39 is 5.60 Å². The maximum atomic E-state index is 10.6. The first-order valence-corrected chi connectivity index (χ1v) is 6.66. The Kier molecular flexibility index (Phi) is 5.44. The molecule has 4 nitrogen and oxygen atoms in total. The molecule has 18 heavy (non-hydrogen) atoms. The van der Waals surface area contributed by atoms with Crippen LogP contribution in [0.25, 0.3) is 0 Å². The monoisotopic (exact) mass is 317 g/mol. The molecule has 0 aliphatic heterocycles. The highest BCUT2D eigenvalue weighted by Crippen LogP contribution is 2.42. The van der Waals surface area contributed by atoms with Crippen molar-refractivity contribution >= 4 is 15.9 Å². The molecule has 5 heteroatoms. The van der Waals surface area contributed by atoms with Crippen molar-refractivity contribution in [2.75, 3.05) is 20.8 Å². The van der Waals surface area contributed by atoms with Gasteiger partial charge < -0.3 is 20.3 Å². The van der Waals surface area contributed by atoms with Gasteiger partial charge in [0, 0.05) is 12.1 Å². The zero-order valence-corrected chi connectivity index (χ0v) is 12.6. The minimum atomic E-state index is -1.07. The third-order valence-corrected chi connectivity index (χ3v) is 3.74. The van der Waals surface area contributed by atoms with Crippen molar-refractivity contribution < 1.29 is 14.6 Å². The fourth-order valence-electron chi connectivity index (χ4n) is 2.02. The smallest absolute Gasteiger partial charge is 0.142 e. The van der Waals surface area contributed by atoms with Crippen molar-refractivity contribution in [3.05, 3.63) is 22.2 Å². The lowest BCUT2D eigenvalue weighted by atomic mass is 9.88. The summed E-state index contributed by atoms with van der Waals surface area (Å²) in [5.74, 6) is 1.22. The second kappa shape index (κ2) is 6.41. The van der Waals surface area contributed by atoms with Crippen molar-refractivity contribution in [3.63, 3.8) is 0 Å². The highest BCUT2D eigenvalue weighted by molar-refractivity contribution is 9.10. The van der Waals surface area contributed by atoms with E-state index in [2.05, 4.69) is 15.9 Å². The standard InChI is InChI=1S/C13H20BrNO3/c1-4-7-13(16,8-15)9-5-6-10(17-2)11(14)12(9)18-3/h5-6,16H,4,7-8,15H2,1-3H3. The minimum Gasteiger partial charge on any atom is -0.495 e. The first-order valence-electron chi connectivity index (χ1n) is 5.87. The summed E-state index contributed by atoms with van der Waals surface area (Å²) < 4.78 is 11.3. The molecule has 0 aromatic heterocycles. The van der Waals surface area contributed by atoms with Crippen LogP contribution in [0.1, 0.15) is 25.3 Å². The third-order valence-electron chi connectivity index (χ3n) is 2.99. The summed E-state index contributed by atoms with van der Waals surface area (Å²) in [5, 5.41) is 10.6. The van der Waals surface area contributed by atoms with Gasteiger partial charge in [-0.25, -0.2) is 0 Å². The van der Waals surface area contributed by atoms with E-state index in [0.717, 1.165) is 6.42 Å². The summed E-state index contributed by atoms with van der Waals surface area (Å²) in [7, 11) is 3.15. The van der Waals surface area contributed by atoms with Crippen LogP contribution in [-0.2, 0) is 5.60 Å².